The van der Waals surface area contributed by atoms with Crippen LogP contribution < -0.4 is 31.9 Å². The zero-order chi connectivity index (χ0) is 28.3. The van der Waals surface area contributed by atoms with Gasteiger partial charge in [-0.25, -0.2) is 0 Å². The molecular weight excluding hydrogens is 556 g/mol. The zero-order valence-corrected chi connectivity index (χ0v) is 22.4. The summed E-state index contributed by atoms with van der Waals surface area (Å²) < 4.78 is 111. The number of alkyl halides is 6. The lowest BCUT2D eigenvalue weighted by atomic mass is 9.85. The molecule has 3 aliphatic heterocycles. The van der Waals surface area contributed by atoms with Crippen molar-refractivity contribution in [2.75, 3.05) is 32.8 Å². The maximum Gasteiger partial charge on any atom is 0.411 e. The Morgan fingerprint density at radius 3 is 2.15 bits per heavy atom. The Morgan fingerprint density at radius 1 is 0.897 bits per heavy atom. The van der Waals surface area contributed by atoms with Crippen molar-refractivity contribution >= 4 is 10.4 Å². The molecule has 4 fully saturated rings. The van der Waals surface area contributed by atoms with Crippen LogP contribution in [0.15, 0.2) is 0 Å². The lowest BCUT2D eigenvalue weighted by Crippen LogP contribution is -2.76. The van der Waals surface area contributed by atoms with Gasteiger partial charge in [-0.05, 0) is 51.5 Å². The van der Waals surface area contributed by atoms with Gasteiger partial charge in [0.2, 0.25) is 0 Å². The third-order valence-electron chi connectivity index (χ3n) is 7.81. The number of rotatable bonds is 8. The summed E-state index contributed by atoms with van der Waals surface area (Å²) in [4.78, 5) is 0. The maximum absolute atomic E-state index is 13.2. The number of halogens is 6. The van der Waals surface area contributed by atoms with E-state index in [4.69, 9.17) is 4.74 Å². The van der Waals surface area contributed by atoms with E-state index in [-0.39, 0.29) is 18.9 Å². The van der Waals surface area contributed by atoms with Gasteiger partial charge in [0.05, 0.1) is 5.92 Å². The van der Waals surface area contributed by atoms with Crippen molar-refractivity contribution in [3.8, 4) is 0 Å². The van der Waals surface area contributed by atoms with Gasteiger partial charge in [-0.1, -0.05) is 10.6 Å². The number of sulfonamides is 1. The summed E-state index contributed by atoms with van der Waals surface area (Å²) in [7, 11) is -3.43. The molecule has 228 valence electrons. The van der Waals surface area contributed by atoms with Gasteiger partial charge in [0.1, 0.15) is 34.8 Å². The molecule has 0 radical (unpaired) electrons. The molecule has 3 saturated heterocycles. The summed E-state index contributed by atoms with van der Waals surface area (Å²) in [5.41, 5.74) is 0. The molecule has 0 bridgehead atoms. The van der Waals surface area contributed by atoms with Crippen LogP contribution in [0.2, 0.25) is 0 Å². The van der Waals surface area contributed by atoms with Crippen molar-refractivity contribution in [2.24, 2.45) is 5.92 Å². The van der Waals surface area contributed by atoms with E-state index in [1.807, 2.05) is 0 Å². The second-order valence-electron chi connectivity index (χ2n) is 10.8. The Morgan fingerprint density at radius 2 is 1.56 bits per heavy atom. The molecule has 4 aliphatic rings. The molecule has 6 N–H and O–H groups in total. The Labute approximate surface area is 225 Å². The van der Waals surface area contributed by atoms with Crippen LogP contribution in [-0.2, 0) is 19.3 Å². The average Bonchev–Trinajstić information content (AvgIpc) is 2.87. The van der Waals surface area contributed by atoms with Gasteiger partial charge in [-0.3, -0.25) is 26.6 Å². The summed E-state index contributed by atoms with van der Waals surface area (Å²) in [5.74, 6) is -1.43. The lowest BCUT2D eigenvalue weighted by molar-refractivity contribution is -0.199. The maximum atomic E-state index is 13.2. The fourth-order valence-electron chi connectivity index (χ4n) is 5.75. The predicted octanol–water partition coefficient (Wildman–Crippen LogP) is 1.26. The highest BCUT2D eigenvalue weighted by Gasteiger charge is 2.44. The van der Waals surface area contributed by atoms with Crippen LogP contribution in [0, 0.1) is 5.92 Å². The fraction of sp³-hybridized carbons (Fsp3) is 1.00. The first kappa shape index (κ1) is 31.3. The van der Waals surface area contributed by atoms with E-state index in [1.54, 1.807) is 0 Å². The van der Waals surface area contributed by atoms with E-state index in [0.29, 0.717) is 51.7 Å². The number of hydrogen-bond acceptors (Lipinski definition) is 9. The van der Waals surface area contributed by atoms with Gasteiger partial charge >= 0.3 is 12.4 Å². The molecule has 3 heterocycles. The molecule has 7 unspecified atom stereocenters. The van der Waals surface area contributed by atoms with Crippen molar-refractivity contribution in [3.63, 3.8) is 0 Å². The van der Waals surface area contributed by atoms with E-state index in [2.05, 4.69) is 31.9 Å². The van der Waals surface area contributed by atoms with Crippen molar-refractivity contribution in [3.05, 3.63) is 0 Å². The molecule has 0 aromatic rings. The van der Waals surface area contributed by atoms with E-state index in [1.165, 1.54) is 4.31 Å². The molecule has 1 saturated carbocycles. The second-order valence-corrected chi connectivity index (χ2v) is 13.0. The summed E-state index contributed by atoms with van der Waals surface area (Å²) in [6.07, 6.45) is -8.40. The monoisotopic (exact) mass is 595 g/mol. The summed E-state index contributed by atoms with van der Waals surface area (Å²) >= 11 is 0. The minimum Gasteiger partial charge on any atom is -0.597 e. The van der Waals surface area contributed by atoms with Crippen LogP contribution in [0.1, 0.15) is 51.4 Å². The van der Waals surface area contributed by atoms with E-state index in [0.717, 1.165) is 13.0 Å². The van der Waals surface area contributed by atoms with Crippen molar-refractivity contribution in [1.29, 1.82) is 0 Å². The van der Waals surface area contributed by atoms with E-state index >= 15 is 0 Å². The zero-order valence-electron chi connectivity index (χ0n) is 21.6. The molecule has 17 heteroatoms. The second kappa shape index (κ2) is 13.1. The minimum absolute atomic E-state index is 0.0575. The molecular formula is C22H39F6N7O3S. The Kier molecular flexibility index (Phi) is 10.5. The molecule has 39 heavy (non-hydrogen) atoms. The molecule has 1 aliphatic carbocycles. The van der Waals surface area contributed by atoms with Crippen LogP contribution in [0.5, 0.6) is 0 Å². The molecule has 0 aromatic heterocycles. The van der Waals surface area contributed by atoms with E-state index in [9.17, 15) is 35.1 Å². The Bertz CT molecular complexity index is 827. The topological polar surface area (TPSA) is 125 Å². The summed E-state index contributed by atoms with van der Waals surface area (Å²) in [5, 5.41) is 17.7. The largest absolute Gasteiger partial charge is 0.597 e. The average molecular weight is 596 g/mol. The Balaban J connectivity index is 1.32. The first-order valence-corrected chi connectivity index (χ1v) is 15.0. The minimum atomic E-state index is -4.56. The summed E-state index contributed by atoms with van der Waals surface area (Å²) in [6, 6.07) is -0.627. The first-order valence-electron chi connectivity index (χ1n) is 13.5. The first-order chi connectivity index (χ1) is 18.3. The molecule has 0 spiro atoms. The quantitative estimate of drug-likeness (QED) is 0.182. The highest BCUT2D eigenvalue weighted by molar-refractivity contribution is 7.96. The number of nitrogens with zero attached hydrogens (tertiary/aromatic N) is 1. The van der Waals surface area contributed by atoms with Crippen LogP contribution >= 0.6 is 0 Å². The van der Waals surface area contributed by atoms with Gasteiger partial charge in [0, 0.05) is 31.7 Å². The van der Waals surface area contributed by atoms with Crippen LogP contribution in [0.3, 0.4) is 0 Å². The van der Waals surface area contributed by atoms with E-state index < -0.39 is 65.5 Å². The fourth-order valence-corrected chi connectivity index (χ4v) is 7.69. The van der Waals surface area contributed by atoms with Crippen molar-refractivity contribution < 1.29 is 39.8 Å². The van der Waals surface area contributed by atoms with Crippen LogP contribution in [0.4, 0.5) is 26.3 Å². The third kappa shape index (κ3) is 9.18. The van der Waals surface area contributed by atoms with Gasteiger partial charge in [0.15, 0.2) is 6.35 Å². The molecule has 0 amide bonds. The van der Waals surface area contributed by atoms with Crippen LogP contribution in [-0.4, -0.2) is 90.3 Å². The van der Waals surface area contributed by atoms with Gasteiger partial charge < -0.3 is 14.6 Å². The SMILES string of the molecule is O=[S+]([O-])(C1CCCNC1)N1CCC(NC2NC(NC3CCCC(C(F)(F)F)C3)NC(OCC(F)(F)F)N2)CC1. The number of hydrogen-bond donors (Lipinski definition) is 6. The van der Waals surface area contributed by atoms with Crippen LogP contribution in [0.25, 0.3) is 0 Å². The van der Waals surface area contributed by atoms with Crippen molar-refractivity contribution in [2.45, 2.75) is 100.0 Å². The van der Waals surface area contributed by atoms with Gasteiger partial charge in [-0.15, -0.1) is 4.31 Å². The summed E-state index contributed by atoms with van der Waals surface area (Å²) in [6.45, 7) is 0.363. The highest BCUT2D eigenvalue weighted by Crippen LogP contribution is 2.37. The normalized spacial score (nSPS) is 36.0. The number of nitrogens with one attached hydrogen (secondary N) is 6. The number of ether oxygens (including phenoxy) is 1. The molecule has 4 rings (SSSR count). The molecule has 7 atom stereocenters. The highest BCUT2D eigenvalue weighted by atomic mass is 32.3. The number of piperidine rings is 2. The smallest absolute Gasteiger partial charge is 0.411 e. The third-order valence-corrected chi connectivity index (χ3v) is 10.1. The predicted molar refractivity (Wildman–Crippen MR) is 130 cm³/mol. The lowest BCUT2D eigenvalue weighted by Gasteiger charge is -2.44. The van der Waals surface area contributed by atoms with Gasteiger partial charge in [0.25, 0.3) is 0 Å². The molecule has 10 nitrogen and oxygen atoms in total. The van der Waals surface area contributed by atoms with Crippen molar-refractivity contribution in [1.82, 2.24) is 36.2 Å². The standard InChI is InChI=1S/C22H39F6N7O3S/c23-21(24,25)13-38-20-33-18(32-19(34-20)31-16-4-1-3-14(11-16)22(26,27)28)30-15-6-9-35(10-7-15)39(36,37)17-5-2-8-29-12-17/h14-20,29-34H,1-13H2. The van der Waals surface area contributed by atoms with Gasteiger partial charge in [-0.2, -0.15) is 26.3 Å². The Hall–Kier alpha value is -0.630. The molecule has 0 aromatic carbocycles.